The zero-order chi connectivity index (χ0) is 57.3. The number of hydrogen-bond acceptors (Lipinski definition) is 32. The summed E-state index contributed by atoms with van der Waals surface area (Å²) in [6.07, 6.45) is -53.2. The van der Waals surface area contributed by atoms with E-state index in [1.165, 1.54) is 0 Å². The lowest BCUT2D eigenvalue weighted by molar-refractivity contribution is -0.393. The third-order valence-corrected chi connectivity index (χ3v) is 14.1. The summed E-state index contributed by atoms with van der Waals surface area (Å²) in [4.78, 5) is 15.4. The third-order valence-electron chi connectivity index (χ3n) is 14.1. The lowest BCUT2D eigenvalue weighted by Crippen LogP contribution is -2.70. The number of hydrogen-bond donors (Lipinski definition) is 19. The van der Waals surface area contributed by atoms with Gasteiger partial charge in [0.05, 0.1) is 45.7 Å². The summed E-state index contributed by atoms with van der Waals surface area (Å²) in [7, 11) is 0. The van der Waals surface area contributed by atoms with Crippen LogP contribution in [0, 0.1) is 0 Å². The SMILES string of the molecule is CC(=O)NC1[C@H](O[C@@H]2C(O)[C@@H](O[C@H]3C(CO)O[C@@H](O[C@@H]4C(CO)O[C@@H](OCCCCCN)C(O)[C@H]4O)C(O)[C@H]3O)OC(CO)[C@@H]2O)OC(CO)[C@H](O)[C@@H]1O[C@@H]1OC(CO)[C@H](O)[C@H](O)C1O[C@@H]1OC(CN=[N+]=[N-])[C@@H](O)[C@H](O)C1O. The van der Waals surface area contributed by atoms with Crippen LogP contribution in [-0.2, 0) is 61.6 Å². The standard InChI is InChI=1S/C43H75N5O30/c1-13(54)47-20-35(76-43-37(26(60)22(56)15(8-49)71-43)78-40-29(63)25(59)21(55)14(68-40)7-46-48-45)23(57)16(9-50)69-38(20)77-36-24(58)17(10-51)70-42(32(36)66)75-34-19(12-53)73-41(31(65)28(34)62)74-33-18(11-52)72-39(30(64)27(33)61)67-6-4-2-3-5-44/h14-43,49-53,55-66H,2-12,44H2,1H3,(H,47,54)/t14?,15?,16?,17?,18?,19?,20?,21-,22+,23+,24+,25+,26+,27-,28-,29?,30?,31?,32?,33-,34+,35-,36+,37?,38+,39-,40+,41+,42-,43+/m1/s1. The van der Waals surface area contributed by atoms with E-state index in [2.05, 4.69) is 15.3 Å². The minimum Gasteiger partial charge on any atom is -0.394 e. The number of ether oxygens (including phenoxy) is 12. The van der Waals surface area contributed by atoms with Crippen molar-refractivity contribution in [1.82, 2.24) is 5.32 Å². The van der Waals surface area contributed by atoms with Crippen molar-refractivity contribution in [1.29, 1.82) is 0 Å². The van der Waals surface area contributed by atoms with Gasteiger partial charge in [-0.2, -0.15) is 0 Å². The minimum atomic E-state index is -2.24. The van der Waals surface area contributed by atoms with Gasteiger partial charge in [-0.05, 0) is 31.3 Å². The van der Waals surface area contributed by atoms with Crippen molar-refractivity contribution in [3.63, 3.8) is 0 Å². The van der Waals surface area contributed by atoms with Gasteiger partial charge in [0.25, 0.3) is 0 Å². The van der Waals surface area contributed by atoms with Gasteiger partial charge in [-0.15, -0.1) is 0 Å². The van der Waals surface area contributed by atoms with Crippen molar-refractivity contribution in [2.24, 2.45) is 10.8 Å². The molecule has 0 aliphatic carbocycles. The Morgan fingerprint density at radius 2 is 0.872 bits per heavy atom. The van der Waals surface area contributed by atoms with E-state index in [9.17, 15) is 91.6 Å². The van der Waals surface area contributed by atoms with E-state index in [1.54, 1.807) is 0 Å². The molecule has 35 nitrogen and oxygen atoms in total. The number of unbranched alkanes of at least 4 members (excludes halogenated alkanes) is 2. The predicted octanol–water partition coefficient (Wildman–Crippen LogP) is -11.5. The van der Waals surface area contributed by atoms with Crippen LogP contribution in [0.15, 0.2) is 5.11 Å². The van der Waals surface area contributed by atoms with Gasteiger partial charge in [0.1, 0.15) is 140 Å². The quantitative estimate of drug-likeness (QED) is 0.0185. The van der Waals surface area contributed by atoms with Crippen LogP contribution < -0.4 is 11.1 Å². The van der Waals surface area contributed by atoms with E-state index in [1.807, 2.05) is 0 Å². The maximum Gasteiger partial charge on any atom is 0.217 e. The summed E-state index contributed by atoms with van der Waals surface area (Å²) in [5.74, 6) is -0.889. The first-order valence-corrected chi connectivity index (χ1v) is 25.2. The highest BCUT2D eigenvalue weighted by molar-refractivity contribution is 5.73. The summed E-state index contributed by atoms with van der Waals surface area (Å²) >= 11 is 0. The molecule has 6 heterocycles. The number of carbonyl (C=O) groups is 1. The van der Waals surface area contributed by atoms with E-state index in [0.29, 0.717) is 25.8 Å². The fraction of sp³-hybridized carbons (Fsp3) is 0.977. The Morgan fingerprint density at radius 3 is 1.42 bits per heavy atom. The van der Waals surface area contributed by atoms with Crippen LogP contribution in [0.3, 0.4) is 0 Å². The second-order valence-electron chi connectivity index (χ2n) is 19.4. The molecule has 0 spiro atoms. The number of azide groups is 1. The summed E-state index contributed by atoms with van der Waals surface area (Å²) in [5.41, 5.74) is 14.3. The Balaban J connectivity index is 1.20. The van der Waals surface area contributed by atoms with E-state index in [0.717, 1.165) is 6.92 Å². The number of aliphatic hydroxyl groups is 17. The van der Waals surface area contributed by atoms with E-state index < -0.39 is 230 Å². The summed E-state index contributed by atoms with van der Waals surface area (Å²) < 4.78 is 69.2. The van der Waals surface area contributed by atoms with Gasteiger partial charge in [-0.25, -0.2) is 0 Å². The molecule has 6 saturated heterocycles. The fourth-order valence-electron chi connectivity index (χ4n) is 9.76. The van der Waals surface area contributed by atoms with Gasteiger partial charge in [-0.3, -0.25) is 4.79 Å². The van der Waals surface area contributed by atoms with Gasteiger partial charge in [0.2, 0.25) is 5.91 Å². The van der Waals surface area contributed by atoms with Crippen molar-refractivity contribution in [2.75, 3.05) is 52.7 Å². The molecule has 30 atom stereocenters. The lowest BCUT2D eigenvalue weighted by atomic mass is 9.94. The molecule has 452 valence electrons. The topological polar surface area (TPSA) is 559 Å². The molecule has 6 rings (SSSR count). The van der Waals surface area contributed by atoms with Crippen molar-refractivity contribution in [2.45, 2.75) is 210 Å². The van der Waals surface area contributed by atoms with Gasteiger partial charge < -0.3 is 155 Å². The van der Waals surface area contributed by atoms with Gasteiger partial charge in [-0.1, -0.05) is 5.11 Å². The monoisotopic (exact) mass is 1140 g/mol. The largest absolute Gasteiger partial charge is 0.394 e. The smallest absolute Gasteiger partial charge is 0.217 e. The number of aliphatic hydroxyl groups excluding tert-OH is 17. The zero-order valence-corrected chi connectivity index (χ0v) is 41.9. The molecule has 1 amide bonds. The average Bonchev–Trinajstić information content (AvgIpc) is 3.47. The van der Waals surface area contributed by atoms with Crippen molar-refractivity contribution in [3.05, 3.63) is 10.4 Å². The Labute approximate surface area is 443 Å². The maximum atomic E-state index is 12.9. The molecule has 6 fully saturated rings. The highest BCUT2D eigenvalue weighted by atomic mass is 16.8. The van der Waals surface area contributed by atoms with Crippen molar-refractivity contribution >= 4 is 5.91 Å². The first-order valence-electron chi connectivity index (χ1n) is 25.2. The second-order valence-corrected chi connectivity index (χ2v) is 19.4. The molecule has 0 saturated carbocycles. The fourth-order valence-corrected chi connectivity index (χ4v) is 9.76. The number of amides is 1. The van der Waals surface area contributed by atoms with Crippen molar-refractivity contribution in [3.8, 4) is 0 Å². The average molecular weight is 1140 g/mol. The molecule has 6 aliphatic rings. The summed E-state index contributed by atoms with van der Waals surface area (Å²) in [6.45, 7) is -3.94. The molecular weight excluding hydrogens is 1070 g/mol. The van der Waals surface area contributed by atoms with Gasteiger partial charge >= 0.3 is 0 Å². The van der Waals surface area contributed by atoms with Gasteiger partial charge in [0, 0.05) is 18.4 Å². The van der Waals surface area contributed by atoms with Crippen LogP contribution in [0.2, 0.25) is 0 Å². The maximum absolute atomic E-state index is 12.9. The number of carbonyl (C=O) groups excluding carboxylic acids is 1. The van der Waals surface area contributed by atoms with Crippen LogP contribution in [0.4, 0.5) is 0 Å². The molecule has 6 aliphatic heterocycles. The van der Waals surface area contributed by atoms with E-state index >= 15 is 0 Å². The highest BCUT2D eigenvalue weighted by Crippen LogP contribution is 2.37. The van der Waals surface area contributed by atoms with E-state index in [4.69, 9.17) is 68.1 Å². The number of rotatable bonds is 24. The molecule has 0 aromatic carbocycles. The number of nitrogens with one attached hydrogen (secondary N) is 1. The molecule has 78 heavy (non-hydrogen) atoms. The van der Waals surface area contributed by atoms with Crippen LogP contribution in [-0.4, -0.2) is 330 Å². The Bertz CT molecular complexity index is 1870. The third kappa shape index (κ3) is 14.7. The Kier molecular flexibility index (Phi) is 24.7. The molecule has 12 unspecified atom stereocenters. The second kappa shape index (κ2) is 29.7. The van der Waals surface area contributed by atoms with Crippen LogP contribution >= 0.6 is 0 Å². The van der Waals surface area contributed by atoms with Crippen LogP contribution in [0.25, 0.3) is 10.4 Å². The normalized spacial score (nSPS) is 47.3. The lowest BCUT2D eigenvalue weighted by Gasteiger charge is -2.51. The van der Waals surface area contributed by atoms with Crippen LogP contribution in [0.5, 0.6) is 0 Å². The molecule has 0 aromatic rings. The number of nitrogens with two attached hydrogens (primary N) is 1. The molecule has 35 heteroatoms. The van der Waals surface area contributed by atoms with Crippen LogP contribution in [0.1, 0.15) is 26.2 Å². The Hall–Kier alpha value is -2.42. The van der Waals surface area contributed by atoms with E-state index in [-0.39, 0.29) is 6.61 Å². The molecule has 0 radical (unpaired) electrons. The molecular formula is C43H75N5O30. The molecule has 0 aromatic heterocycles. The first kappa shape index (κ1) is 64.7. The first-order chi connectivity index (χ1) is 37.2. The minimum absolute atomic E-state index is 0.103. The summed E-state index contributed by atoms with van der Waals surface area (Å²) in [5, 5.41) is 191. The highest BCUT2D eigenvalue weighted by Gasteiger charge is 2.58. The number of nitrogens with zero attached hydrogens (tertiary/aromatic N) is 3. The predicted molar refractivity (Wildman–Crippen MR) is 244 cm³/mol. The molecule has 20 N–H and O–H groups in total. The van der Waals surface area contributed by atoms with Crippen molar-refractivity contribution < 1.29 is 148 Å². The summed E-state index contributed by atoms with van der Waals surface area (Å²) in [6, 6.07) is -1.83. The molecule has 0 bridgehead atoms. The van der Waals surface area contributed by atoms with Gasteiger partial charge in [0.15, 0.2) is 37.7 Å². The Morgan fingerprint density at radius 1 is 0.462 bits per heavy atom. The zero-order valence-electron chi connectivity index (χ0n) is 41.9.